The van der Waals surface area contributed by atoms with Crippen LogP contribution in [0.4, 0.5) is 0 Å². The molecule has 1 aromatic rings. The van der Waals surface area contributed by atoms with Gasteiger partial charge in [-0.1, -0.05) is 11.3 Å². The van der Waals surface area contributed by atoms with Crippen LogP contribution in [0, 0.1) is 0 Å². The van der Waals surface area contributed by atoms with Crippen LogP contribution in [0.2, 0.25) is 0 Å². The summed E-state index contributed by atoms with van der Waals surface area (Å²) in [6.45, 7) is 5.74. The van der Waals surface area contributed by atoms with Crippen LogP contribution < -0.4 is 4.52 Å². The molecule has 108 valence electrons. The fraction of sp³-hybridized carbons (Fsp3) is 0.556. The average Bonchev–Trinajstić information content (AvgIpc) is 2.82. The Bertz CT molecular complexity index is 454. The van der Waals surface area contributed by atoms with Crippen LogP contribution in [0.1, 0.15) is 31.3 Å². The van der Waals surface area contributed by atoms with Gasteiger partial charge in [-0.25, -0.2) is 4.57 Å². The van der Waals surface area contributed by atoms with Crippen LogP contribution in [0.5, 0.6) is 5.19 Å². The van der Waals surface area contributed by atoms with Crippen LogP contribution in [-0.2, 0) is 12.9 Å². The molecule has 0 radical (unpaired) electrons. The molecule has 0 bridgehead atoms. The van der Waals surface area contributed by atoms with E-state index < -0.39 is 5.77 Å². The first-order valence-corrected chi connectivity index (χ1v) is 10.6. The van der Waals surface area contributed by atoms with Gasteiger partial charge in [-0.15, -0.1) is 0 Å². The van der Waals surface area contributed by atoms with Gasteiger partial charge in [-0.3, -0.25) is 4.79 Å². The van der Waals surface area contributed by atoms with Crippen LogP contribution in [0.3, 0.4) is 0 Å². The minimum Gasteiger partial charge on any atom is -0.398 e. The summed E-state index contributed by atoms with van der Waals surface area (Å²) in [6, 6.07) is 0. The standard InChI is InChI=1S/C9H14NO5PS3/c1-4-13-18-16(12,19-14-5-2)15-9-10-8(6-17-9)7(3)11/h6H,4-5H2,1-3H3. The molecule has 1 heterocycles. The molecule has 0 atom stereocenters. The van der Waals surface area contributed by atoms with Gasteiger partial charge in [0, 0.05) is 12.3 Å². The summed E-state index contributed by atoms with van der Waals surface area (Å²) in [5.41, 5.74) is 0.286. The van der Waals surface area contributed by atoms with Gasteiger partial charge in [0.25, 0.3) is 5.19 Å². The largest absolute Gasteiger partial charge is 0.413 e. The molecular weight excluding hydrogens is 329 g/mol. The average molecular weight is 343 g/mol. The summed E-state index contributed by atoms with van der Waals surface area (Å²) < 4.78 is 27.9. The summed E-state index contributed by atoms with van der Waals surface area (Å²) in [6.07, 6.45) is 0. The number of thiazole rings is 1. The molecule has 0 aromatic carbocycles. The van der Waals surface area contributed by atoms with E-state index in [1.807, 2.05) is 0 Å². The number of carbonyl (C=O) groups is 1. The van der Waals surface area contributed by atoms with E-state index in [0.29, 0.717) is 13.2 Å². The minimum absolute atomic E-state index is 0.160. The van der Waals surface area contributed by atoms with E-state index in [1.54, 1.807) is 19.2 Å². The van der Waals surface area contributed by atoms with E-state index in [4.69, 9.17) is 12.9 Å². The number of nitrogens with zero attached hydrogens (tertiary/aromatic N) is 1. The monoisotopic (exact) mass is 343 g/mol. The summed E-state index contributed by atoms with van der Waals surface area (Å²) in [4.78, 5) is 15.1. The highest BCUT2D eigenvalue weighted by molar-refractivity contribution is 8.87. The Morgan fingerprint density at radius 2 is 1.95 bits per heavy atom. The first-order valence-electron chi connectivity index (χ1n) is 5.39. The van der Waals surface area contributed by atoms with Gasteiger partial charge >= 0.3 is 5.77 Å². The van der Waals surface area contributed by atoms with Crippen molar-refractivity contribution in [3.63, 3.8) is 0 Å². The molecule has 1 rings (SSSR count). The van der Waals surface area contributed by atoms with Crippen molar-refractivity contribution in [2.24, 2.45) is 0 Å². The van der Waals surface area contributed by atoms with E-state index in [0.717, 1.165) is 34.7 Å². The Balaban J connectivity index is 2.74. The minimum atomic E-state index is -3.27. The lowest BCUT2D eigenvalue weighted by Gasteiger charge is -2.13. The highest BCUT2D eigenvalue weighted by Gasteiger charge is 2.31. The molecule has 0 saturated heterocycles. The van der Waals surface area contributed by atoms with Gasteiger partial charge in [-0.2, -0.15) is 4.98 Å². The first-order chi connectivity index (χ1) is 9.00. The predicted octanol–water partition coefficient (Wildman–Crippen LogP) is 4.20. The van der Waals surface area contributed by atoms with Gasteiger partial charge in [0.05, 0.1) is 13.2 Å². The van der Waals surface area contributed by atoms with Crippen LogP contribution >= 0.6 is 40.4 Å². The van der Waals surface area contributed by atoms with Crippen LogP contribution in [0.25, 0.3) is 0 Å². The quantitative estimate of drug-likeness (QED) is 0.375. The van der Waals surface area contributed by atoms with Crippen LogP contribution in [0.15, 0.2) is 5.38 Å². The molecule has 0 unspecified atom stereocenters. The smallest absolute Gasteiger partial charge is 0.398 e. The van der Waals surface area contributed by atoms with Gasteiger partial charge in [-0.05, 0) is 13.8 Å². The van der Waals surface area contributed by atoms with Crippen molar-refractivity contribution in [2.75, 3.05) is 13.2 Å². The Morgan fingerprint density at radius 1 is 1.37 bits per heavy atom. The molecular formula is C9H14NO5PS3. The summed E-state index contributed by atoms with van der Waals surface area (Å²) >= 11 is 2.57. The second-order valence-corrected chi connectivity index (χ2v) is 10.2. The maximum absolute atomic E-state index is 12.4. The SMILES string of the molecule is CCOSP(=O)(Oc1nc(C(C)=O)cs1)SOCC. The van der Waals surface area contributed by atoms with Gasteiger partial charge < -0.3 is 12.9 Å². The molecule has 19 heavy (non-hydrogen) atoms. The zero-order valence-corrected chi connectivity index (χ0v) is 14.0. The second-order valence-electron chi connectivity index (χ2n) is 3.06. The highest BCUT2D eigenvalue weighted by Crippen LogP contribution is 2.69. The van der Waals surface area contributed by atoms with Gasteiger partial charge in [0.1, 0.15) is 29.0 Å². The summed E-state index contributed by atoms with van der Waals surface area (Å²) in [5, 5.41) is 1.71. The first kappa shape index (κ1) is 17.0. The Hall–Kier alpha value is -0.0500. The number of Topliss-reactive ketones (excluding diaryl/α,β-unsaturated/α-hetero) is 1. The van der Waals surface area contributed by atoms with Crippen molar-refractivity contribution in [1.29, 1.82) is 0 Å². The Morgan fingerprint density at radius 3 is 2.37 bits per heavy atom. The van der Waals surface area contributed by atoms with E-state index in [2.05, 4.69) is 4.98 Å². The lowest BCUT2D eigenvalue weighted by atomic mass is 10.4. The highest BCUT2D eigenvalue weighted by atomic mass is 33.1. The third-order valence-electron chi connectivity index (χ3n) is 1.56. The fourth-order valence-electron chi connectivity index (χ4n) is 0.834. The molecule has 0 aliphatic carbocycles. The second kappa shape index (κ2) is 8.28. The van der Waals surface area contributed by atoms with Crippen molar-refractivity contribution in [2.45, 2.75) is 20.8 Å². The maximum Gasteiger partial charge on any atom is 0.413 e. The number of hydrogen-bond acceptors (Lipinski definition) is 9. The zero-order valence-electron chi connectivity index (χ0n) is 10.7. The molecule has 0 aliphatic rings. The van der Waals surface area contributed by atoms with Crippen molar-refractivity contribution in [3.8, 4) is 5.19 Å². The Labute approximate surface area is 124 Å². The maximum atomic E-state index is 12.4. The molecule has 6 nitrogen and oxygen atoms in total. The molecule has 0 N–H and O–H groups in total. The zero-order chi connectivity index (χ0) is 14.3. The van der Waals surface area contributed by atoms with Crippen molar-refractivity contribution < 1.29 is 22.2 Å². The summed E-state index contributed by atoms with van der Waals surface area (Å²) in [5.74, 6) is -3.44. The van der Waals surface area contributed by atoms with Crippen LogP contribution in [-0.4, -0.2) is 24.0 Å². The lowest BCUT2D eigenvalue weighted by Crippen LogP contribution is -1.93. The third kappa shape index (κ3) is 5.85. The van der Waals surface area contributed by atoms with Crippen molar-refractivity contribution in [1.82, 2.24) is 4.98 Å². The predicted molar refractivity (Wildman–Crippen MR) is 78.8 cm³/mol. The normalized spacial score (nSPS) is 11.5. The molecule has 0 aliphatic heterocycles. The number of carbonyl (C=O) groups excluding carboxylic acids is 1. The number of rotatable bonds is 9. The Kier molecular flexibility index (Phi) is 7.41. The van der Waals surface area contributed by atoms with E-state index >= 15 is 0 Å². The fourth-order valence-corrected chi connectivity index (χ4v) is 6.06. The third-order valence-corrected chi connectivity index (χ3v) is 7.11. The van der Waals surface area contributed by atoms with Gasteiger partial charge in [0.2, 0.25) is 0 Å². The topological polar surface area (TPSA) is 74.7 Å². The van der Waals surface area contributed by atoms with Crippen molar-refractivity contribution >= 4 is 46.2 Å². The molecule has 0 fully saturated rings. The lowest BCUT2D eigenvalue weighted by molar-refractivity contribution is 0.101. The molecule has 1 aromatic heterocycles. The molecule has 0 spiro atoms. The number of hydrogen-bond donors (Lipinski definition) is 0. The number of ketones is 1. The molecule has 0 amide bonds. The van der Waals surface area contributed by atoms with E-state index in [1.165, 1.54) is 6.92 Å². The van der Waals surface area contributed by atoms with E-state index in [9.17, 15) is 9.36 Å². The molecule has 0 saturated carbocycles. The summed E-state index contributed by atoms with van der Waals surface area (Å²) in [7, 11) is 0. The van der Waals surface area contributed by atoms with E-state index in [-0.39, 0.29) is 16.7 Å². The van der Waals surface area contributed by atoms with Crippen molar-refractivity contribution in [3.05, 3.63) is 11.1 Å². The number of aromatic nitrogens is 1. The van der Waals surface area contributed by atoms with Gasteiger partial charge in [0.15, 0.2) is 5.78 Å². The molecule has 10 heteroatoms.